The molecule has 0 heterocycles. The quantitative estimate of drug-likeness (QED) is 0.465. The van der Waals surface area contributed by atoms with E-state index < -0.39 is 20.8 Å². The molecule has 0 aliphatic carbocycles. The molecule has 2 rings (SSSR count). The molecule has 0 bridgehead atoms. The van der Waals surface area contributed by atoms with Gasteiger partial charge < -0.3 is 0 Å². The van der Waals surface area contributed by atoms with E-state index in [4.69, 9.17) is 4.18 Å². The Morgan fingerprint density at radius 1 is 1.00 bits per heavy atom. The molecule has 2 aromatic carbocycles. The Morgan fingerprint density at radius 3 is 2.29 bits per heavy atom. The van der Waals surface area contributed by atoms with Crippen LogP contribution in [0.4, 0.5) is 5.69 Å². The topological polar surface area (TPSA) is 86.5 Å². The molecule has 0 aromatic heterocycles. The van der Waals surface area contributed by atoms with Gasteiger partial charge in [0, 0.05) is 11.6 Å². The lowest BCUT2D eigenvalue weighted by molar-refractivity contribution is -0.385. The number of para-hydroxylation sites is 1. The van der Waals surface area contributed by atoms with Crippen molar-refractivity contribution in [2.75, 3.05) is 0 Å². The van der Waals surface area contributed by atoms with E-state index in [1.54, 1.807) is 30.3 Å². The summed E-state index contributed by atoms with van der Waals surface area (Å²) in [4.78, 5) is 10.2. The molecule has 0 N–H and O–H groups in total. The molecule has 2 aromatic rings. The van der Waals surface area contributed by atoms with Gasteiger partial charge in [0.15, 0.2) is 0 Å². The van der Waals surface area contributed by atoms with Crippen LogP contribution in [0, 0.1) is 10.1 Å². The second kappa shape index (κ2) is 6.47. The smallest absolute Gasteiger partial charge is 0.265 e. The Balaban J connectivity index is 2.10. The van der Waals surface area contributed by atoms with Gasteiger partial charge in [-0.1, -0.05) is 48.5 Å². The fourth-order valence-electron chi connectivity index (χ4n) is 1.78. The van der Waals surface area contributed by atoms with Crippen molar-refractivity contribution >= 4 is 15.8 Å². The molecular formula is C14H13NO5S. The minimum absolute atomic E-state index is 0.0934. The van der Waals surface area contributed by atoms with Gasteiger partial charge in [-0.25, -0.2) is 0 Å². The van der Waals surface area contributed by atoms with Gasteiger partial charge in [0.05, 0.1) is 11.5 Å². The van der Waals surface area contributed by atoms with Gasteiger partial charge in [0.2, 0.25) is 0 Å². The fraction of sp³-hybridized carbons (Fsp3) is 0.143. The van der Waals surface area contributed by atoms with Gasteiger partial charge >= 0.3 is 0 Å². The van der Waals surface area contributed by atoms with E-state index in [-0.39, 0.29) is 17.9 Å². The van der Waals surface area contributed by atoms with Crippen LogP contribution in [0.5, 0.6) is 0 Å². The summed E-state index contributed by atoms with van der Waals surface area (Å²) in [6, 6.07) is 14.5. The van der Waals surface area contributed by atoms with Crippen molar-refractivity contribution in [1.82, 2.24) is 0 Å². The Morgan fingerprint density at radius 2 is 1.62 bits per heavy atom. The molecule has 0 unspecified atom stereocenters. The molecule has 0 radical (unpaired) electrons. The minimum atomic E-state index is -3.89. The summed E-state index contributed by atoms with van der Waals surface area (Å²) in [6.45, 7) is -0.0934. The molecule has 0 aliphatic rings. The van der Waals surface area contributed by atoms with Gasteiger partial charge in [0.25, 0.3) is 15.8 Å². The minimum Gasteiger partial charge on any atom is -0.265 e. The molecule has 7 heteroatoms. The molecule has 21 heavy (non-hydrogen) atoms. The lowest BCUT2D eigenvalue weighted by Crippen LogP contribution is -2.10. The number of benzene rings is 2. The van der Waals surface area contributed by atoms with Crippen LogP contribution in [0.3, 0.4) is 0 Å². The van der Waals surface area contributed by atoms with Crippen molar-refractivity contribution in [2.45, 2.75) is 12.4 Å². The second-order valence-corrected chi connectivity index (χ2v) is 5.98. The first kappa shape index (κ1) is 15.1. The van der Waals surface area contributed by atoms with E-state index in [1.807, 2.05) is 6.07 Å². The molecule has 6 nitrogen and oxygen atoms in total. The number of nitro groups is 1. The largest absolute Gasteiger partial charge is 0.273 e. The summed E-state index contributed by atoms with van der Waals surface area (Å²) < 4.78 is 28.7. The third-order valence-corrected chi connectivity index (χ3v) is 3.91. The number of nitro benzene ring substituents is 1. The summed E-state index contributed by atoms with van der Waals surface area (Å²) in [6.07, 6.45) is 0. The standard InChI is InChI=1S/C14H13NO5S/c16-15(17)14-9-5-4-8-13(14)11-21(18,19)20-10-12-6-2-1-3-7-12/h1-9H,10-11H2. The van der Waals surface area contributed by atoms with Crippen molar-refractivity contribution in [3.8, 4) is 0 Å². The Bertz CT molecular complexity index is 728. The monoisotopic (exact) mass is 307 g/mol. The van der Waals surface area contributed by atoms with Gasteiger partial charge in [-0.05, 0) is 5.56 Å². The summed E-state index contributed by atoms with van der Waals surface area (Å²) in [5.41, 5.74) is 0.587. The Hall–Kier alpha value is -2.25. The molecule has 0 fully saturated rings. The summed E-state index contributed by atoms with van der Waals surface area (Å²) in [5.74, 6) is -0.531. The summed E-state index contributed by atoms with van der Waals surface area (Å²) in [5, 5.41) is 10.9. The van der Waals surface area contributed by atoms with Crippen molar-refractivity contribution < 1.29 is 17.5 Å². The first-order valence-corrected chi connectivity index (χ1v) is 7.69. The zero-order valence-electron chi connectivity index (χ0n) is 11.0. The van der Waals surface area contributed by atoms with Crippen molar-refractivity contribution in [1.29, 1.82) is 0 Å². The van der Waals surface area contributed by atoms with Crippen LogP contribution in [-0.2, 0) is 26.7 Å². The lowest BCUT2D eigenvalue weighted by atomic mass is 10.2. The molecular weight excluding hydrogens is 294 g/mol. The molecule has 110 valence electrons. The van der Waals surface area contributed by atoms with Crippen molar-refractivity contribution in [2.24, 2.45) is 0 Å². The first-order valence-electron chi connectivity index (χ1n) is 6.11. The van der Waals surface area contributed by atoms with Crippen LogP contribution in [0.25, 0.3) is 0 Å². The van der Waals surface area contributed by atoms with Gasteiger partial charge in [-0.15, -0.1) is 0 Å². The number of hydrogen-bond acceptors (Lipinski definition) is 5. The maximum absolute atomic E-state index is 11.9. The summed E-state index contributed by atoms with van der Waals surface area (Å²) >= 11 is 0. The third-order valence-electron chi connectivity index (χ3n) is 2.77. The van der Waals surface area contributed by atoms with Gasteiger partial charge in [-0.3, -0.25) is 14.3 Å². The molecule has 0 aliphatic heterocycles. The maximum Gasteiger partial charge on any atom is 0.273 e. The molecule has 0 atom stereocenters. The molecule has 0 saturated heterocycles. The average Bonchev–Trinajstić information content (AvgIpc) is 2.46. The zero-order valence-corrected chi connectivity index (χ0v) is 11.8. The highest BCUT2D eigenvalue weighted by Crippen LogP contribution is 2.21. The average molecular weight is 307 g/mol. The van der Waals surface area contributed by atoms with Crippen LogP contribution < -0.4 is 0 Å². The SMILES string of the molecule is O=[N+]([O-])c1ccccc1CS(=O)(=O)OCc1ccccc1. The third kappa shape index (κ3) is 4.37. The number of rotatable bonds is 6. The predicted molar refractivity (Wildman–Crippen MR) is 77.0 cm³/mol. The van der Waals surface area contributed by atoms with E-state index in [0.29, 0.717) is 5.56 Å². The van der Waals surface area contributed by atoms with E-state index in [0.717, 1.165) is 0 Å². The normalized spacial score (nSPS) is 11.2. The zero-order chi connectivity index (χ0) is 15.3. The van der Waals surface area contributed by atoms with Crippen LogP contribution in [0.1, 0.15) is 11.1 Å². The van der Waals surface area contributed by atoms with Crippen LogP contribution in [0.2, 0.25) is 0 Å². The van der Waals surface area contributed by atoms with E-state index >= 15 is 0 Å². The van der Waals surface area contributed by atoms with Crippen LogP contribution in [0.15, 0.2) is 54.6 Å². The fourth-order valence-corrected chi connectivity index (χ4v) is 2.80. The second-order valence-electron chi connectivity index (χ2n) is 4.34. The van der Waals surface area contributed by atoms with Crippen LogP contribution in [-0.4, -0.2) is 13.3 Å². The first-order chi connectivity index (χ1) is 9.98. The van der Waals surface area contributed by atoms with E-state index in [9.17, 15) is 18.5 Å². The predicted octanol–water partition coefficient (Wildman–Crippen LogP) is 2.64. The van der Waals surface area contributed by atoms with E-state index in [2.05, 4.69) is 0 Å². The Kier molecular flexibility index (Phi) is 4.66. The highest BCUT2D eigenvalue weighted by atomic mass is 32.2. The number of nitrogens with zero attached hydrogens (tertiary/aromatic N) is 1. The molecule has 0 saturated carbocycles. The van der Waals surface area contributed by atoms with E-state index in [1.165, 1.54) is 18.2 Å². The lowest BCUT2D eigenvalue weighted by Gasteiger charge is -2.06. The van der Waals surface area contributed by atoms with Crippen molar-refractivity contribution in [3.63, 3.8) is 0 Å². The summed E-state index contributed by atoms with van der Waals surface area (Å²) in [7, 11) is -3.89. The van der Waals surface area contributed by atoms with Gasteiger partial charge in [0.1, 0.15) is 5.75 Å². The van der Waals surface area contributed by atoms with Crippen molar-refractivity contribution in [3.05, 3.63) is 75.8 Å². The highest BCUT2D eigenvalue weighted by molar-refractivity contribution is 7.85. The molecule has 0 spiro atoms. The van der Waals surface area contributed by atoms with Crippen LogP contribution >= 0.6 is 0 Å². The maximum atomic E-state index is 11.9. The van der Waals surface area contributed by atoms with Gasteiger partial charge in [-0.2, -0.15) is 8.42 Å². The highest BCUT2D eigenvalue weighted by Gasteiger charge is 2.20. The Labute approximate surface area is 122 Å². The molecule has 0 amide bonds. The number of hydrogen-bond donors (Lipinski definition) is 0.